The van der Waals surface area contributed by atoms with Crippen LogP contribution in [0.4, 0.5) is 10.5 Å². The van der Waals surface area contributed by atoms with E-state index >= 15 is 0 Å². The van der Waals surface area contributed by atoms with Gasteiger partial charge in [-0.05, 0) is 24.3 Å². The summed E-state index contributed by atoms with van der Waals surface area (Å²) in [5.74, 6) is 0.727. The van der Waals surface area contributed by atoms with Crippen LogP contribution in [-0.4, -0.2) is 43.9 Å². The highest BCUT2D eigenvalue weighted by atomic mass is 35.5. The van der Waals surface area contributed by atoms with Crippen molar-refractivity contribution in [2.45, 2.75) is 6.10 Å². The molecule has 0 aliphatic carbocycles. The summed E-state index contributed by atoms with van der Waals surface area (Å²) in [5, 5.41) is 9.53. The lowest BCUT2D eigenvalue weighted by molar-refractivity contribution is 0.166. The van der Waals surface area contributed by atoms with E-state index in [1.165, 1.54) is 12.0 Å². The second kappa shape index (κ2) is 7.08. The third kappa shape index (κ3) is 3.78. The van der Waals surface area contributed by atoms with Crippen LogP contribution in [0.5, 0.6) is 5.75 Å². The highest BCUT2D eigenvalue weighted by Gasteiger charge is 2.19. The lowest BCUT2D eigenvalue weighted by Gasteiger charge is -2.23. The van der Waals surface area contributed by atoms with Crippen LogP contribution in [0.2, 0.25) is 0 Å². The average Bonchev–Trinajstić information content (AvgIpc) is 2.43. The Kier molecular flexibility index (Phi) is 5.74. The lowest BCUT2D eigenvalue weighted by atomic mass is 10.2. The van der Waals surface area contributed by atoms with Crippen LogP contribution in [0, 0.1) is 0 Å². The molecule has 0 bridgehead atoms. The van der Waals surface area contributed by atoms with Gasteiger partial charge in [0.15, 0.2) is 0 Å². The molecular weight excluding hydrogens is 258 g/mol. The van der Waals surface area contributed by atoms with E-state index < -0.39 is 12.2 Å². The summed E-state index contributed by atoms with van der Waals surface area (Å²) in [6.07, 6.45) is -1.36. The highest BCUT2D eigenvalue weighted by molar-refractivity contribution is 6.18. The fraction of sp³-hybridized carbons (Fsp3) is 0.417. The van der Waals surface area contributed by atoms with Crippen molar-refractivity contribution in [3.8, 4) is 5.75 Å². The molecule has 6 heteroatoms. The molecule has 18 heavy (non-hydrogen) atoms. The first-order valence-corrected chi connectivity index (χ1v) is 5.89. The molecule has 0 aromatic heterocycles. The third-order valence-electron chi connectivity index (χ3n) is 2.35. The second-order valence-corrected chi connectivity index (χ2v) is 3.90. The topological polar surface area (TPSA) is 59.0 Å². The number of ether oxygens (including phenoxy) is 2. The quantitative estimate of drug-likeness (QED) is 0.832. The minimum absolute atomic E-state index is 0.0453. The smallest absolute Gasteiger partial charge is 0.414 e. The van der Waals surface area contributed by atoms with Gasteiger partial charge >= 0.3 is 6.09 Å². The average molecular weight is 274 g/mol. The van der Waals surface area contributed by atoms with Crippen LogP contribution in [0.15, 0.2) is 24.3 Å². The van der Waals surface area contributed by atoms with Crippen molar-refractivity contribution in [1.82, 2.24) is 0 Å². The highest BCUT2D eigenvalue weighted by Crippen LogP contribution is 2.20. The van der Waals surface area contributed by atoms with E-state index in [2.05, 4.69) is 4.74 Å². The fourth-order valence-electron chi connectivity index (χ4n) is 1.42. The minimum atomic E-state index is -0.812. The molecule has 1 amide bonds. The standard InChI is InChI=1S/C12H16ClNO4/c1-17-11-5-3-9(4-6-11)14(12(16)18-2)8-10(15)7-13/h3-6,10,15H,7-8H2,1-2H3. The Morgan fingerprint density at radius 2 is 2.00 bits per heavy atom. The van der Waals surface area contributed by atoms with Crippen LogP contribution in [0.3, 0.4) is 0 Å². The van der Waals surface area contributed by atoms with Gasteiger partial charge in [0.2, 0.25) is 0 Å². The van der Waals surface area contributed by atoms with Crippen LogP contribution in [-0.2, 0) is 4.74 Å². The number of aliphatic hydroxyl groups excluding tert-OH is 1. The van der Waals surface area contributed by atoms with E-state index in [-0.39, 0.29) is 12.4 Å². The Balaban J connectivity index is 2.90. The Labute approximate surface area is 111 Å². The number of hydrogen-bond acceptors (Lipinski definition) is 4. The summed E-state index contributed by atoms with van der Waals surface area (Å²) in [6, 6.07) is 6.85. The van der Waals surface area contributed by atoms with Gasteiger partial charge in [0.1, 0.15) is 5.75 Å². The lowest BCUT2D eigenvalue weighted by Crippen LogP contribution is -2.38. The number of carbonyl (C=O) groups excluding carboxylic acids is 1. The van der Waals surface area contributed by atoms with Crippen molar-refractivity contribution in [3.05, 3.63) is 24.3 Å². The van der Waals surface area contributed by atoms with Crippen molar-refractivity contribution in [1.29, 1.82) is 0 Å². The number of hydrogen-bond donors (Lipinski definition) is 1. The van der Waals surface area contributed by atoms with E-state index in [4.69, 9.17) is 16.3 Å². The van der Waals surface area contributed by atoms with Gasteiger partial charge in [-0.25, -0.2) is 4.79 Å². The van der Waals surface area contributed by atoms with Gasteiger partial charge in [-0.1, -0.05) is 0 Å². The first-order valence-electron chi connectivity index (χ1n) is 5.36. The molecule has 1 N–H and O–H groups in total. The number of aliphatic hydroxyl groups is 1. The number of carbonyl (C=O) groups is 1. The third-order valence-corrected chi connectivity index (χ3v) is 2.71. The molecule has 1 rings (SSSR count). The normalized spacial score (nSPS) is 11.8. The SMILES string of the molecule is COC(=O)N(CC(O)CCl)c1ccc(OC)cc1. The molecular formula is C12H16ClNO4. The molecule has 5 nitrogen and oxygen atoms in total. The van der Waals surface area contributed by atoms with E-state index in [1.54, 1.807) is 31.4 Å². The maximum atomic E-state index is 11.6. The van der Waals surface area contributed by atoms with Crippen LogP contribution in [0.25, 0.3) is 0 Å². The summed E-state index contributed by atoms with van der Waals surface area (Å²) >= 11 is 5.53. The van der Waals surface area contributed by atoms with Gasteiger partial charge in [0.05, 0.1) is 32.7 Å². The number of benzene rings is 1. The van der Waals surface area contributed by atoms with Gasteiger partial charge in [0.25, 0.3) is 0 Å². The molecule has 0 fully saturated rings. The molecule has 1 atom stereocenters. The number of rotatable bonds is 5. The minimum Gasteiger partial charge on any atom is -0.497 e. The van der Waals surface area contributed by atoms with E-state index in [1.807, 2.05) is 0 Å². The zero-order valence-corrected chi connectivity index (χ0v) is 11.1. The van der Waals surface area contributed by atoms with Crippen molar-refractivity contribution >= 4 is 23.4 Å². The molecule has 0 spiro atoms. The van der Waals surface area contributed by atoms with Crippen LogP contribution in [0.1, 0.15) is 0 Å². The number of amides is 1. The molecule has 0 radical (unpaired) electrons. The van der Waals surface area contributed by atoms with Gasteiger partial charge in [-0.15, -0.1) is 11.6 Å². The van der Waals surface area contributed by atoms with Crippen molar-refractivity contribution in [2.24, 2.45) is 0 Å². The number of methoxy groups -OCH3 is 2. The second-order valence-electron chi connectivity index (χ2n) is 3.59. The molecule has 0 saturated heterocycles. The summed E-state index contributed by atoms with van der Waals surface area (Å²) in [7, 11) is 2.84. The van der Waals surface area contributed by atoms with E-state index in [0.29, 0.717) is 11.4 Å². The number of anilines is 1. The Hall–Kier alpha value is -1.46. The van der Waals surface area contributed by atoms with Crippen molar-refractivity contribution in [2.75, 3.05) is 31.5 Å². The number of nitrogens with zero attached hydrogens (tertiary/aromatic N) is 1. The Bertz CT molecular complexity index is 382. The predicted molar refractivity (Wildman–Crippen MR) is 69.5 cm³/mol. The molecule has 0 aliphatic rings. The molecule has 0 aliphatic heterocycles. The molecule has 0 heterocycles. The van der Waals surface area contributed by atoms with Gasteiger partial charge in [-0.2, -0.15) is 0 Å². The van der Waals surface area contributed by atoms with E-state index in [9.17, 15) is 9.90 Å². The Morgan fingerprint density at radius 1 is 1.39 bits per heavy atom. The Morgan fingerprint density at radius 3 is 2.44 bits per heavy atom. The van der Waals surface area contributed by atoms with Crippen LogP contribution >= 0.6 is 11.6 Å². The monoisotopic (exact) mass is 273 g/mol. The summed E-state index contributed by atoms with van der Waals surface area (Å²) < 4.78 is 9.70. The number of alkyl halides is 1. The molecule has 0 saturated carbocycles. The summed E-state index contributed by atoms with van der Waals surface area (Å²) in [6.45, 7) is 0.0719. The first kappa shape index (κ1) is 14.6. The zero-order valence-electron chi connectivity index (χ0n) is 10.3. The summed E-state index contributed by atoms with van der Waals surface area (Å²) in [4.78, 5) is 12.9. The fourth-order valence-corrected chi connectivity index (χ4v) is 1.51. The van der Waals surface area contributed by atoms with Gasteiger partial charge < -0.3 is 14.6 Å². The zero-order chi connectivity index (χ0) is 13.5. The molecule has 1 unspecified atom stereocenters. The summed E-state index contributed by atoms with van der Waals surface area (Å²) in [5.41, 5.74) is 0.604. The van der Waals surface area contributed by atoms with E-state index in [0.717, 1.165) is 0 Å². The largest absolute Gasteiger partial charge is 0.497 e. The first-order chi connectivity index (χ1) is 8.62. The van der Waals surface area contributed by atoms with Gasteiger partial charge in [-0.3, -0.25) is 4.90 Å². The molecule has 1 aromatic rings. The van der Waals surface area contributed by atoms with Crippen LogP contribution < -0.4 is 9.64 Å². The maximum absolute atomic E-state index is 11.6. The number of halogens is 1. The molecule has 100 valence electrons. The van der Waals surface area contributed by atoms with Crippen molar-refractivity contribution in [3.63, 3.8) is 0 Å². The maximum Gasteiger partial charge on any atom is 0.414 e. The molecule has 1 aromatic carbocycles. The van der Waals surface area contributed by atoms with Crippen molar-refractivity contribution < 1.29 is 19.4 Å². The predicted octanol–water partition coefficient (Wildman–Crippen LogP) is 1.87. The van der Waals surface area contributed by atoms with Gasteiger partial charge in [0, 0.05) is 5.69 Å².